The number of aromatic nitrogens is 2. The molecule has 0 fully saturated rings. The van der Waals surface area contributed by atoms with E-state index in [9.17, 15) is 0 Å². The van der Waals surface area contributed by atoms with Crippen molar-refractivity contribution in [3.63, 3.8) is 0 Å². The first-order chi connectivity index (χ1) is 9.35. The summed E-state index contributed by atoms with van der Waals surface area (Å²) in [5.74, 6) is 6.38. The Hall–Kier alpha value is -1.98. The average Bonchev–Trinajstić information content (AvgIpc) is 2.49. The van der Waals surface area contributed by atoms with Crippen molar-refractivity contribution < 1.29 is 4.74 Å². The third-order valence-electron chi connectivity index (χ3n) is 3.02. The van der Waals surface area contributed by atoms with Crippen molar-refractivity contribution in [2.45, 2.75) is 18.9 Å². The summed E-state index contributed by atoms with van der Waals surface area (Å²) in [6.45, 7) is 0. The van der Waals surface area contributed by atoms with Crippen molar-refractivity contribution in [1.29, 1.82) is 0 Å². The van der Waals surface area contributed by atoms with E-state index >= 15 is 0 Å². The van der Waals surface area contributed by atoms with Crippen molar-refractivity contribution in [1.82, 2.24) is 15.4 Å². The van der Waals surface area contributed by atoms with E-state index in [2.05, 4.69) is 15.4 Å². The number of ether oxygens (including phenoxy) is 1. The predicted octanol–water partition coefficient (Wildman–Crippen LogP) is 1.62. The highest BCUT2D eigenvalue weighted by atomic mass is 16.5. The molecular formula is C14H18N4O. The van der Waals surface area contributed by atoms with Gasteiger partial charge >= 0.3 is 0 Å². The molecule has 5 nitrogen and oxygen atoms in total. The Balaban J connectivity index is 2.08. The van der Waals surface area contributed by atoms with Crippen LogP contribution in [-0.4, -0.2) is 17.1 Å². The van der Waals surface area contributed by atoms with Crippen LogP contribution < -0.4 is 16.0 Å². The fraction of sp³-hybridized carbons (Fsp3) is 0.286. The van der Waals surface area contributed by atoms with E-state index in [0.717, 1.165) is 24.3 Å². The van der Waals surface area contributed by atoms with E-state index in [1.165, 1.54) is 5.56 Å². The van der Waals surface area contributed by atoms with Crippen LogP contribution >= 0.6 is 0 Å². The van der Waals surface area contributed by atoms with Gasteiger partial charge in [-0.05, 0) is 42.7 Å². The molecule has 2 aromatic heterocycles. The molecule has 0 aliphatic carbocycles. The molecular weight excluding hydrogens is 240 g/mol. The summed E-state index contributed by atoms with van der Waals surface area (Å²) in [6.07, 6.45) is 7.07. The number of hydrogen-bond donors (Lipinski definition) is 2. The first-order valence-electron chi connectivity index (χ1n) is 6.19. The number of nitrogens with zero attached hydrogens (tertiary/aromatic N) is 2. The van der Waals surface area contributed by atoms with Crippen LogP contribution in [0.15, 0.2) is 42.9 Å². The normalized spacial score (nSPS) is 12.1. The summed E-state index contributed by atoms with van der Waals surface area (Å²) in [5, 5.41) is 0. The number of aryl methyl sites for hydroxylation is 1. The van der Waals surface area contributed by atoms with Gasteiger partial charge in [0.15, 0.2) is 0 Å². The second-order valence-corrected chi connectivity index (χ2v) is 4.20. The lowest BCUT2D eigenvalue weighted by Crippen LogP contribution is -2.29. The van der Waals surface area contributed by atoms with Crippen LogP contribution in [0.2, 0.25) is 0 Å². The van der Waals surface area contributed by atoms with Gasteiger partial charge in [-0.25, -0.2) is 0 Å². The smallest absolute Gasteiger partial charge is 0.142 e. The fourth-order valence-corrected chi connectivity index (χ4v) is 2.00. The summed E-state index contributed by atoms with van der Waals surface area (Å²) in [4.78, 5) is 8.36. The van der Waals surface area contributed by atoms with E-state index in [1.54, 1.807) is 25.7 Å². The van der Waals surface area contributed by atoms with Crippen molar-refractivity contribution in [3.8, 4) is 5.75 Å². The van der Waals surface area contributed by atoms with Crippen LogP contribution in [0.4, 0.5) is 0 Å². The molecule has 19 heavy (non-hydrogen) atoms. The maximum atomic E-state index is 5.63. The van der Waals surface area contributed by atoms with Crippen molar-refractivity contribution in [2.75, 3.05) is 7.11 Å². The van der Waals surface area contributed by atoms with Gasteiger partial charge in [0, 0.05) is 18.6 Å². The molecule has 2 aromatic rings. The Morgan fingerprint density at radius 1 is 1.26 bits per heavy atom. The molecule has 2 heterocycles. The summed E-state index contributed by atoms with van der Waals surface area (Å²) >= 11 is 0. The predicted molar refractivity (Wildman–Crippen MR) is 73.4 cm³/mol. The van der Waals surface area contributed by atoms with E-state index in [-0.39, 0.29) is 6.04 Å². The van der Waals surface area contributed by atoms with Crippen LogP contribution in [0.3, 0.4) is 0 Å². The minimum atomic E-state index is -0.0377. The Labute approximate surface area is 112 Å². The minimum absolute atomic E-state index is 0.0377. The highest BCUT2D eigenvalue weighted by molar-refractivity contribution is 5.29. The molecule has 0 radical (unpaired) electrons. The Morgan fingerprint density at radius 2 is 2.05 bits per heavy atom. The van der Waals surface area contributed by atoms with Crippen molar-refractivity contribution >= 4 is 0 Å². The van der Waals surface area contributed by atoms with Gasteiger partial charge in [-0.15, -0.1) is 0 Å². The lowest BCUT2D eigenvalue weighted by Gasteiger charge is -2.17. The number of methoxy groups -OCH3 is 1. The second-order valence-electron chi connectivity index (χ2n) is 4.20. The Morgan fingerprint density at radius 3 is 2.74 bits per heavy atom. The monoisotopic (exact) mass is 258 g/mol. The van der Waals surface area contributed by atoms with Crippen LogP contribution in [-0.2, 0) is 6.42 Å². The highest BCUT2D eigenvalue weighted by Crippen LogP contribution is 2.25. The largest absolute Gasteiger partial charge is 0.495 e. The van der Waals surface area contributed by atoms with E-state index in [4.69, 9.17) is 10.6 Å². The second kappa shape index (κ2) is 6.82. The number of nitrogens with one attached hydrogen (secondary N) is 1. The molecule has 0 aliphatic heterocycles. The number of nitrogens with two attached hydrogens (primary N) is 1. The molecule has 1 unspecified atom stereocenters. The van der Waals surface area contributed by atoms with Gasteiger partial charge in [-0.2, -0.15) is 0 Å². The molecule has 0 saturated carbocycles. The first-order valence-corrected chi connectivity index (χ1v) is 6.19. The number of rotatable bonds is 6. The third kappa shape index (κ3) is 3.49. The Kier molecular flexibility index (Phi) is 4.83. The van der Waals surface area contributed by atoms with Gasteiger partial charge in [0.05, 0.1) is 13.2 Å². The zero-order valence-electron chi connectivity index (χ0n) is 10.9. The van der Waals surface area contributed by atoms with Gasteiger partial charge in [0.25, 0.3) is 0 Å². The standard InChI is InChI=1S/C14H18N4O/c1-19-13-3-2-8-17-14(13)12(18-15)5-4-11-6-9-16-10-7-11/h2-3,6-10,12,18H,4-5,15H2,1H3. The number of pyridine rings is 2. The fourth-order valence-electron chi connectivity index (χ4n) is 2.00. The molecule has 1 atom stereocenters. The molecule has 5 heteroatoms. The zero-order valence-corrected chi connectivity index (χ0v) is 10.9. The van der Waals surface area contributed by atoms with Gasteiger partial charge in [0.2, 0.25) is 0 Å². The number of hydrogen-bond acceptors (Lipinski definition) is 5. The summed E-state index contributed by atoms with van der Waals surface area (Å²) in [6, 6.07) is 7.70. The molecule has 100 valence electrons. The van der Waals surface area contributed by atoms with Crippen LogP contribution in [0.1, 0.15) is 23.7 Å². The first kappa shape index (κ1) is 13.5. The number of hydrazine groups is 1. The zero-order chi connectivity index (χ0) is 13.5. The lowest BCUT2D eigenvalue weighted by molar-refractivity contribution is 0.390. The molecule has 0 saturated heterocycles. The quantitative estimate of drug-likeness (QED) is 0.608. The topological polar surface area (TPSA) is 73.1 Å². The van der Waals surface area contributed by atoms with Gasteiger partial charge in [-0.1, -0.05) is 0 Å². The molecule has 0 bridgehead atoms. The van der Waals surface area contributed by atoms with Gasteiger partial charge < -0.3 is 4.74 Å². The molecule has 2 rings (SSSR count). The molecule has 0 spiro atoms. The highest BCUT2D eigenvalue weighted by Gasteiger charge is 2.15. The van der Waals surface area contributed by atoms with Crippen LogP contribution in [0, 0.1) is 0 Å². The minimum Gasteiger partial charge on any atom is -0.495 e. The molecule has 0 amide bonds. The van der Waals surface area contributed by atoms with Crippen LogP contribution in [0.5, 0.6) is 5.75 Å². The van der Waals surface area contributed by atoms with E-state index < -0.39 is 0 Å². The summed E-state index contributed by atoms with van der Waals surface area (Å²) in [7, 11) is 1.64. The average molecular weight is 258 g/mol. The van der Waals surface area contributed by atoms with E-state index in [0.29, 0.717) is 0 Å². The third-order valence-corrected chi connectivity index (χ3v) is 3.02. The SMILES string of the molecule is COc1cccnc1C(CCc1ccncc1)NN. The molecule has 0 aliphatic rings. The van der Waals surface area contributed by atoms with Crippen LogP contribution in [0.25, 0.3) is 0 Å². The van der Waals surface area contributed by atoms with Gasteiger partial charge in [0.1, 0.15) is 11.4 Å². The van der Waals surface area contributed by atoms with Gasteiger partial charge in [-0.3, -0.25) is 21.2 Å². The van der Waals surface area contributed by atoms with Crippen molar-refractivity contribution in [2.24, 2.45) is 5.84 Å². The van der Waals surface area contributed by atoms with E-state index in [1.807, 2.05) is 24.3 Å². The Bertz CT molecular complexity index is 504. The lowest BCUT2D eigenvalue weighted by atomic mass is 10.0. The summed E-state index contributed by atoms with van der Waals surface area (Å²) < 4.78 is 5.31. The maximum absolute atomic E-state index is 5.63. The molecule has 0 aromatic carbocycles. The molecule has 3 N–H and O–H groups in total. The summed E-state index contributed by atoms with van der Waals surface area (Å²) in [5.41, 5.74) is 4.87. The van der Waals surface area contributed by atoms with Crippen molar-refractivity contribution in [3.05, 3.63) is 54.1 Å². The maximum Gasteiger partial charge on any atom is 0.142 e.